The fraction of sp³-hybridized carbons (Fsp3) is 0.231. The topological polar surface area (TPSA) is 49.9 Å². The van der Waals surface area contributed by atoms with E-state index in [0.29, 0.717) is 25.3 Å². The van der Waals surface area contributed by atoms with Gasteiger partial charge in [0.1, 0.15) is 12.4 Å². The molecule has 1 heterocycles. The van der Waals surface area contributed by atoms with Crippen molar-refractivity contribution in [2.24, 2.45) is 0 Å². The first-order valence-electron chi connectivity index (χ1n) is 10.8. The van der Waals surface area contributed by atoms with Crippen LogP contribution in [0.2, 0.25) is 0 Å². The molecule has 0 unspecified atom stereocenters. The number of para-hydroxylation sites is 1. The number of carbonyl (C=O) groups excluding carboxylic acids is 2. The van der Waals surface area contributed by atoms with E-state index in [-0.39, 0.29) is 24.6 Å². The van der Waals surface area contributed by atoms with Crippen LogP contribution in [0.15, 0.2) is 78.9 Å². The second-order valence-electron chi connectivity index (χ2n) is 7.96. The quantitative estimate of drug-likeness (QED) is 0.536. The maximum Gasteiger partial charge on any atom is 0.416 e. The molecule has 5 nitrogen and oxygen atoms in total. The molecular formula is C26H23F3N2O3. The van der Waals surface area contributed by atoms with E-state index in [9.17, 15) is 22.8 Å². The number of hydrogen-bond acceptors (Lipinski definition) is 3. The maximum atomic E-state index is 12.9. The molecule has 2 amide bonds. The van der Waals surface area contributed by atoms with E-state index < -0.39 is 17.6 Å². The van der Waals surface area contributed by atoms with Gasteiger partial charge in [-0.05, 0) is 48.0 Å². The Kier molecular flexibility index (Phi) is 6.86. The Morgan fingerprint density at radius 1 is 0.735 bits per heavy atom. The molecule has 0 N–H and O–H groups in total. The number of ether oxygens (including phenoxy) is 1. The van der Waals surface area contributed by atoms with Crippen LogP contribution < -0.4 is 4.74 Å². The molecule has 176 valence electrons. The molecule has 0 atom stereocenters. The summed E-state index contributed by atoms with van der Waals surface area (Å²) in [5.74, 6) is 0.142. The van der Waals surface area contributed by atoms with Gasteiger partial charge in [-0.15, -0.1) is 0 Å². The number of piperazine rings is 1. The summed E-state index contributed by atoms with van der Waals surface area (Å²) in [4.78, 5) is 28.6. The lowest BCUT2D eigenvalue weighted by Crippen LogP contribution is -2.50. The van der Waals surface area contributed by atoms with Crippen molar-refractivity contribution in [1.82, 2.24) is 9.80 Å². The third-order valence-electron chi connectivity index (χ3n) is 5.64. The number of halogens is 3. The molecule has 1 fully saturated rings. The smallest absolute Gasteiger partial charge is 0.416 e. The number of alkyl halides is 3. The average molecular weight is 468 g/mol. The van der Waals surface area contributed by atoms with Gasteiger partial charge < -0.3 is 14.5 Å². The highest BCUT2D eigenvalue weighted by atomic mass is 19.4. The lowest BCUT2D eigenvalue weighted by Gasteiger charge is -2.35. The van der Waals surface area contributed by atoms with Gasteiger partial charge in [0.05, 0.1) is 5.56 Å². The molecule has 0 bridgehead atoms. The van der Waals surface area contributed by atoms with Crippen LogP contribution >= 0.6 is 0 Å². The molecule has 0 spiro atoms. The van der Waals surface area contributed by atoms with E-state index in [4.69, 9.17) is 4.74 Å². The molecule has 1 aliphatic rings. The van der Waals surface area contributed by atoms with Crippen LogP contribution in [0.1, 0.15) is 31.8 Å². The largest absolute Gasteiger partial charge is 0.489 e. The van der Waals surface area contributed by atoms with Crippen LogP contribution in [0.3, 0.4) is 0 Å². The zero-order valence-electron chi connectivity index (χ0n) is 18.3. The van der Waals surface area contributed by atoms with Crippen molar-refractivity contribution in [2.45, 2.75) is 12.8 Å². The monoisotopic (exact) mass is 468 g/mol. The van der Waals surface area contributed by atoms with E-state index in [0.717, 1.165) is 23.4 Å². The van der Waals surface area contributed by atoms with Gasteiger partial charge in [-0.25, -0.2) is 0 Å². The highest BCUT2D eigenvalue weighted by molar-refractivity contribution is 5.96. The van der Waals surface area contributed by atoms with E-state index in [1.807, 2.05) is 42.5 Å². The lowest BCUT2D eigenvalue weighted by atomic mass is 10.1. The Balaban J connectivity index is 1.31. The van der Waals surface area contributed by atoms with Crippen LogP contribution in [-0.2, 0) is 12.8 Å². The molecule has 1 saturated heterocycles. The Labute approximate surface area is 195 Å². The minimum atomic E-state index is -4.51. The molecule has 0 aromatic heterocycles. The molecular weight excluding hydrogens is 445 g/mol. The van der Waals surface area contributed by atoms with Crippen LogP contribution in [0.5, 0.6) is 5.75 Å². The molecule has 8 heteroatoms. The molecule has 4 rings (SSSR count). The number of hydrogen-bond donors (Lipinski definition) is 0. The fourth-order valence-corrected chi connectivity index (χ4v) is 3.73. The van der Waals surface area contributed by atoms with E-state index in [2.05, 4.69) is 0 Å². The lowest BCUT2D eigenvalue weighted by molar-refractivity contribution is -0.137. The molecule has 0 aliphatic carbocycles. The Morgan fingerprint density at radius 2 is 1.32 bits per heavy atom. The van der Waals surface area contributed by atoms with E-state index >= 15 is 0 Å². The average Bonchev–Trinajstić information content (AvgIpc) is 2.87. The van der Waals surface area contributed by atoms with Gasteiger partial charge in [0.2, 0.25) is 0 Å². The zero-order chi connectivity index (χ0) is 24.1. The predicted octanol–water partition coefficient (Wildman–Crippen LogP) is 4.88. The molecule has 34 heavy (non-hydrogen) atoms. The van der Waals surface area contributed by atoms with Gasteiger partial charge in [0, 0.05) is 37.3 Å². The van der Waals surface area contributed by atoms with Crippen molar-refractivity contribution in [3.8, 4) is 5.75 Å². The standard InChI is InChI=1S/C26H23F3N2O3/c27-26(28,29)22-6-4-5-21(17-22)25(33)31-15-13-30(14-16-31)24(32)20-11-9-19(10-12-20)18-34-23-7-2-1-3-8-23/h1-12,17H,13-16,18H2. The van der Waals surface area contributed by atoms with Crippen LogP contribution in [0, 0.1) is 0 Å². The summed E-state index contributed by atoms with van der Waals surface area (Å²) in [6.07, 6.45) is -4.51. The first-order chi connectivity index (χ1) is 16.3. The molecule has 0 saturated carbocycles. The minimum absolute atomic E-state index is 0.0112. The van der Waals surface area contributed by atoms with Gasteiger partial charge in [-0.2, -0.15) is 13.2 Å². The minimum Gasteiger partial charge on any atom is -0.489 e. The van der Waals surface area contributed by atoms with Crippen LogP contribution in [-0.4, -0.2) is 47.8 Å². The first kappa shape index (κ1) is 23.4. The summed E-state index contributed by atoms with van der Waals surface area (Å²) < 4.78 is 44.5. The Bertz CT molecular complexity index is 1140. The van der Waals surface area contributed by atoms with Crippen molar-refractivity contribution in [3.63, 3.8) is 0 Å². The van der Waals surface area contributed by atoms with Gasteiger partial charge in [-0.3, -0.25) is 9.59 Å². The third kappa shape index (κ3) is 5.57. The van der Waals surface area contributed by atoms with Crippen molar-refractivity contribution < 1.29 is 27.5 Å². The second-order valence-corrected chi connectivity index (χ2v) is 7.96. The number of nitrogens with zero attached hydrogens (tertiary/aromatic N) is 2. The van der Waals surface area contributed by atoms with Crippen LogP contribution in [0.4, 0.5) is 13.2 Å². The number of carbonyl (C=O) groups is 2. The number of rotatable bonds is 5. The SMILES string of the molecule is O=C(c1ccc(COc2ccccc2)cc1)N1CCN(C(=O)c2cccc(C(F)(F)F)c2)CC1. The summed E-state index contributed by atoms with van der Waals surface area (Å²) in [6, 6.07) is 21.0. The zero-order valence-corrected chi connectivity index (χ0v) is 18.3. The highest BCUT2D eigenvalue weighted by Gasteiger charge is 2.32. The summed E-state index contributed by atoms with van der Waals surface area (Å²) >= 11 is 0. The normalized spacial score (nSPS) is 14.1. The molecule has 3 aromatic carbocycles. The van der Waals surface area contributed by atoms with Crippen molar-refractivity contribution in [3.05, 3.63) is 101 Å². The fourth-order valence-electron chi connectivity index (χ4n) is 3.73. The number of amides is 2. The van der Waals surface area contributed by atoms with Crippen molar-refractivity contribution in [2.75, 3.05) is 26.2 Å². The van der Waals surface area contributed by atoms with Crippen LogP contribution in [0.25, 0.3) is 0 Å². The van der Waals surface area contributed by atoms with Gasteiger partial charge in [0.25, 0.3) is 11.8 Å². The van der Waals surface area contributed by atoms with Crippen molar-refractivity contribution in [1.29, 1.82) is 0 Å². The molecule has 1 aliphatic heterocycles. The summed E-state index contributed by atoms with van der Waals surface area (Å²) in [6.45, 7) is 1.51. The predicted molar refractivity (Wildman–Crippen MR) is 120 cm³/mol. The van der Waals surface area contributed by atoms with E-state index in [1.54, 1.807) is 17.0 Å². The third-order valence-corrected chi connectivity index (χ3v) is 5.64. The number of benzene rings is 3. The highest BCUT2D eigenvalue weighted by Crippen LogP contribution is 2.30. The summed E-state index contributed by atoms with van der Waals surface area (Å²) in [5.41, 5.74) is 0.589. The summed E-state index contributed by atoms with van der Waals surface area (Å²) in [7, 11) is 0. The second kappa shape index (κ2) is 9.99. The first-order valence-corrected chi connectivity index (χ1v) is 10.8. The maximum absolute atomic E-state index is 12.9. The molecule has 3 aromatic rings. The van der Waals surface area contributed by atoms with Gasteiger partial charge in [-0.1, -0.05) is 36.4 Å². The van der Waals surface area contributed by atoms with Gasteiger partial charge >= 0.3 is 6.18 Å². The van der Waals surface area contributed by atoms with Crippen molar-refractivity contribution >= 4 is 11.8 Å². The van der Waals surface area contributed by atoms with E-state index in [1.165, 1.54) is 17.0 Å². The molecule has 0 radical (unpaired) electrons. The Morgan fingerprint density at radius 3 is 1.91 bits per heavy atom. The Hall–Kier alpha value is -3.81. The van der Waals surface area contributed by atoms with Gasteiger partial charge in [0.15, 0.2) is 0 Å². The summed E-state index contributed by atoms with van der Waals surface area (Å²) in [5, 5.41) is 0.